The van der Waals surface area contributed by atoms with Crippen molar-refractivity contribution in [2.75, 3.05) is 27.4 Å². The molecular formula is C18H33NO4S. The molecule has 1 aromatic carbocycles. The van der Waals surface area contributed by atoms with E-state index in [1.54, 1.807) is 12.1 Å². The first-order valence-electron chi connectivity index (χ1n) is 8.58. The van der Waals surface area contributed by atoms with Crippen molar-refractivity contribution < 1.29 is 22.6 Å². The van der Waals surface area contributed by atoms with Crippen molar-refractivity contribution in [2.45, 2.75) is 57.3 Å². The summed E-state index contributed by atoms with van der Waals surface area (Å²) >= 11 is 0. The fourth-order valence-corrected chi connectivity index (χ4v) is 2.57. The third-order valence-corrected chi connectivity index (χ3v) is 4.66. The Balaban J connectivity index is 0.000000446. The van der Waals surface area contributed by atoms with E-state index in [4.69, 9.17) is 5.11 Å². The first kappa shape index (κ1) is 23.1. The van der Waals surface area contributed by atoms with E-state index < -0.39 is 10.1 Å². The maximum Gasteiger partial charge on any atom is 0.179 e. The van der Waals surface area contributed by atoms with Gasteiger partial charge in [-0.2, -0.15) is 0 Å². The molecule has 1 N–H and O–H groups in total. The highest BCUT2D eigenvalue weighted by Crippen LogP contribution is 2.08. The van der Waals surface area contributed by atoms with Crippen molar-refractivity contribution in [1.29, 1.82) is 0 Å². The van der Waals surface area contributed by atoms with Gasteiger partial charge in [-0.1, -0.05) is 50.3 Å². The lowest BCUT2D eigenvalue weighted by Gasteiger charge is -2.26. The Morgan fingerprint density at radius 3 is 1.96 bits per heavy atom. The van der Waals surface area contributed by atoms with Crippen LogP contribution in [-0.2, 0) is 10.1 Å². The molecule has 1 rings (SSSR count). The molecule has 0 saturated heterocycles. The first-order valence-corrected chi connectivity index (χ1v) is 9.98. The van der Waals surface area contributed by atoms with Gasteiger partial charge in [0.15, 0.2) is 6.73 Å². The Bertz CT molecular complexity index is 539. The number of aliphatic hydroxyl groups excluding tert-OH is 1. The number of unbranched alkanes of at least 4 members (excludes halogenated alkanes) is 5. The standard InChI is InChI=1S/C11H26NO.C7H8O3S/c1-4-5-6-7-8-9-10-12(2,3)11-13;1-6-2-4-7(5-3-6)11(8,9)10/h13H,4-11H2,1-3H3;2-5H,1H3,(H,8,9,10)/q+1;/p-1. The largest absolute Gasteiger partial charge is 0.744 e. The van der Waals surface area contributed by atoms with Gasteiger partial charge in [-0.3, -0.25) is 0 Å². The molecule has 0 aliphatic heterocycles. The zero-order valence-corrected chi connectivity index (χ0v) is 16.3. The van der Waals surface area contributed by atoms with E-state index in [0.717, 1.165) is 16.6 Å². The molecule has 0 aromatic heterocycles. The molecule has 0 amide bonds. The fraction of sp³-hybridized carbons (Fsp3) is 0.667. The van der Waals surface area contributed by atoms with Gasteiger partial charge in [-0.05, 0) is 31.9 Å². The van der Waals surface area contributed by atoms with E-state index >= 15 is 0 Å². The molecule has 0 heterocycles. The van der Waals surface area contributed by atoms with Crippen LogP contribution in [0.5, 0.6) is 0 Å². The fourth-order valence-electron chi connectivity index (χ4n) is 2.10. The third-order valence-electron chi connectivity index (χ3n) is 3.81. The number of quaternary nitrogens is 1. The van der Waals surface area contributed by atoms with Crippen LogP contribution < -0.4 is 0 Å². The third kappa shape index (κ3) is 11.6. The van der Waals surface area contributed by atoms with Crippen LogP contribution in [0.25, 0.3) is 0 Å². The summed E-state index contributed by atoms with van der Waals surface area (Å²) in [5.74, 6) is 0. The molecule has 0 aliphatic carbocycles. The number of nitrogens with zero attached hydrogens (tertiary/aromatic N) is 1. The van der Waals surface area contributed by atoms with Gasteiger partial charge < -0.3 is 14.1 Å². The van der Waals surface area contributed by atoms with E-state index in [1.807, 2.05) is 6.92 Å². The van der Waals surface area contributed by atoms with Crippen LogP contribution in [0.3, 0.4) is 0 Å². The molecule has 0 unspecified atom stereocenters. The van der Waals surface area contributed by atoms with Gasteiger partial charge in [-0.25, -0.2) is 8.42 Å². The minimum Gasteiger partial charge on any atom is -0.744 e. The Morgan fingerprint density at radius 2 is 1.50 bits per heavy atom. The van der Waals surface area contributed by atoms with Crippen molar-refractivity contribution in [2.24, 2.45) is 0 Å². The average Bonchev–Trinajstić information content (AvgIpc) is 2.51. The Morgan fingerprint density at radius 1 is 1.00 bits per heavy atom. The number of rotatable bonds is 9. The normalized spacial score (nSPS) is 11.8. The van der Waals surface area contributed by atoms with Gasteiger partial charge in [0.1, 0.15) is 10.1 Å². The van der Waals surface area contributed by atoms with Crippen molar-refractivity contribution >= 4 is 10.1 Å². The Hall–Kier alpha value is -0.950. The van der Waals surface area contributed by atoms with Crippen LogP contribution in [0.15, 0.2) is 29.2 Å². The molecule has 24 heavy (non-hydrogen) atoms. The molecule has 0 fully saturated rings. The number of aliphatic hydroxyl groups is 1. The Kier molecular flexibility index (Phi) is 11.1. The predicted octanol–water partition coefficient (Wildman–Crippen LogP) is 3.27. The smallest absolute Gasteiger partial charge is 0.179 e. The molecule has 0 bridgehead atoms. The number of hydrogen-bond donors (Lipinski definition) is 1. The van der Waals surface area contributed by atoms with Crippen LogP contribution in [0.4, 0.5) is 0 Å². The minimum absolute atomic E-state index is 0.178. The van der Waals surface area contributed by atoms with Gasteiger partial charge in [0.2, 0.25) is 0 Å². The zero-order chi connectivity index (χ0) is 18.6. The summed E-state index contributed by atoms with van der Waals surface area (Å²) in [5.41, 5.74) is 0.928. The van der Waals surface area contributed by atoms with E-state index in [1.165, 1.54) is 50.7 Å². The molecule has 0 atom stereocenters. The predicted molar refractivity (Wildman–Crippen MR) is 96.6 cm³/mol. The molecule has 1 aromatic rings. The zero-order valence-electron chi connectivity index (χ0n) is 15.5. The maximum absolute atomic E-state index is 10.4. The molecule has 0 aliphatic rings. The van der Waals surface area contributed by atoms with E-state index in [9.17, 15) is 13.0 Å². The molecule has 5 nitrogen and oxygen atoms in total. The van der Waals surface area contributed by atoms with E-state index in [0.29, 0.717) is 0 Å². The van der Waals surface area contributed by atoms with Crippen LogP contribution in [0.2, 0.25) is 0 Å². The highest BCUT2D eigenvalue weighted by molar-refractivity contribution is 7.85. The lowest BCUT2D eigenvalue weighted by molar-refractivity contribution is -0.909. The summed E-state index contributed by atoms with van der Waals surface area (Å²) < 4.78 is 31.9. The van der Waals surface area contributed by atoms with Crippen molar-refractivity contribution in [1.82, 2.24) is 0 Å². The van der Waals surface area contributed by atoms with Gasteiger partial charge in [-0.15, -0.1) is 0 Å². The van der Waals surface area contributed by atoms with Crippen LogP contribution >= 0.6 is 0 Å². The summed E-state index contributed by atoms with van der Waals surface area (Å²) in [6.07, 6.45) is 8.00. The second-order valence-electron chi connectivity index (χ2n) is 6.84. The van der Waals surface area contributed by atoms with Gasteiger partial charge >= 0.3 is 0 Å². The minimum atomic E-state index is -4.27. The van der Waals surface area contributed by atoms with E-state index in [2.05, 4.69) is 21.0 Å². The van der Waals surface area contributed by atoms with E-state index in [-0.39, 0.29) is 11.6 Å². The molecule has 140 valence electrons. The number of benzene rings is 1. The topological polar surface area (TPSA) is 77.4 Å². The second kappa shape index (κ2) is 11.6. The van der Waals surface area contributed by atoms with Gasteiger partial charge in [0.25, 0.3) is 0 Å². The lowest BCUT2D eigenvalue weighted by atomic mass is 10.1. The molecular weight excluding hydrogens is 326 g/mol. The second-order valence-corrected chi connectivity index (χ2v) is 8.22. The molecule has 0 saturated carbocycles. The molecule has 0 radical (unpaired) electrons. The SMILES string of the molecule is CCCCCCCC[N+](C)(C)CO.Cc1ccc(S(=O)(=O)[O-])cc1. The monoisotopic (exact) mass is 359 g/mol. The highest BCUT2D eigenvalue weighted by Gasteiger charge is 2.11. The van der Waals surface area contributed by atoms with Crippen LogP contribution in [-0.4, -0.2) is 49.9 Å². The average molecular weight is 360 g/mol. The quantitative estimate of drug-likeness (QED) is 0.318. The van der Waals surface area contributed by atoms with Crippen LogP contribution in [0, 0.1) is 6.92 Å². The van der Waals surface area contributed by atoms with Gasteiger partial charge in [0, 0.05) is 0 Å². The van der Waals surface area contributed by atoms with Gasteiger partial charge in [0.05, 0.1) is 25.5 Å². The summed E-state index contributed by atoms with van der Waals surface area (Å²) in [6, 6.07) is 5.78. The summed E-state index contributed by atoms with van der Waals surface area (Å²) in [4.78, 5) is -0.178. The lowest BCUT2D eigenvalue weighted by Crippen LogP contribution is -2.41. The molecule has 6 heteroatoms. The summed E-state index contributed by atoms with van der Waals surface area (Å²) in [7, 11) is -0.119. The first-order chi connectivity index (χ1) is 11.1. The summed E-state index contributed by atoms with van der Waals surface area (Å²) in [5, 5.41) is 9.01. The van der Waals surface area contributed by atoms with Crippen molar-refractivity contribution in [3.05, 3.63) is 29.8 Å². The summed E-state index contributed by atoms with van der Waals surface area (Å²) in [6.45, 7) is 5.42. The number of aryl methyl sites for hydroxylation is 1. The highest BCUT2D eigenvalue weighted by atomic mass is 32.2. The van der Waals surface area contributed by atoms with Crippen molar-refractivity contribution in [3.63, 3.8) is 0 Å². The van der Waals surface area contributed by atoms with Crippen molar-refractivity contribution in [3.8, 4) is 0 Å². The maximum atomic E-state index is 10.4. The Labute approximate surface area is 147 Å². The number of hydrogen-bond acceptors (Lipinski definition) is 4. The molecule has 0 spiro atoms. The van der Waals surface area contributed by atoms with Crippen LogP contribution in [0.1, 0.15) is 51.0 Å².